The molecule has 4 nitrogen and oxygen atoms in total. The minimum Gasteiger partial charge on any atom is -0.508 e. The summed E-state index contributed by atoms with van der Waals surface area (Å²) in [4.78, 5) is 26.0. The Hall–Kier alpha value is -3.92. The molecule has 140 valence electrons. The summed E-state index contributed by atoms with van der Waals surface area (Å²) in [5.41, 5.74) is 4.12. The predicted octanol–water partition coefficient (Wildman–Crippen LogP) is 4.93. The number of benzene rings is 4. The van der Waals surface area contributed by atoms with Crippen LogP contribution in [0.4, 0.5) is 5.69 Å². The molecule has 0 aliphatic heterocycles. The van der Waals surface area contributed by atoms with E-state index in [-0.39, 0.29) is 17.4 Å². The van der Waals surface area contributed by atoms with Gasteiger partial charge in [0.25, 0.3) is 5.91 Å². The van der Waals surface area contributed by atoms with Crippen molar-refractivity contribution >= 4 is 28.2 Å². The maximum Gasteiger partial charge on any atom is 0.255 e. The number of phenols is 1. The summed E-state index contributed by atoms with van der Waals surface area (Å²) < 4.78 is 0. The highest BCUT2D eigenvalue weighted by atomic mass is 16.3. The van der Waals surface area contributed by atoms with E-state index in [1.54, 1.807) is 36.4 Å². The van der Waals surface area contributed by atoms with Crippen LogP contribution in [0.1, 0.15) is 37.4 Å². The lowest BCUT2D eigenvalue weighted by Crippen LogP contribution is -2.19. The van der Waals surface area contributed by atoms with Crippen LogP contribution < -0.4 is 5.32 Å². The molecular weight excluding hydrogens is 362 g/mol. The van der Waals surface area contributed by atoms with Gasteiger partial charge in [-0.1, -0.05) is 48.5 Å². The molecule has 0 saturated carbocycles. The van der Waals surface area contributed by atoms with Crippen LogP contribution in [0.2, 0.25) is 0 Å². The maximum absolute atomic E-state index is 13.3. The average molecular weight is 379 g/mol. The number of rotatable bonds is 2. The Bertz CT molecular complexity index is 1290. The van der Waals surface area contributed by atoms with Gasteiger partial charge in [0.2, 0.25) is 0 Å². The molecule has 0 atom stereocenters. The number of fused-ring (bicyclic) bond motifs is 4. The van der Waals surface area contributed by atoms with E-state index < -0.39 is 0 Å². The average Bonchev–Trinajstić information content (AvgIpc) is 2.74. The van der Waals surface area contributed by atoms with E-state index >= 15 is 0 Å². The van der Waals surface area contributed by atoms with E-state index in [0.717, 1.165) is 21.9 Å². The second-order valence-corrected chi connectivity index (χ2v) is 7.16. The highest BCUT2D eigenvalue weighted by molar-refractivity contribution is 6.20. The van der Waals surface area contributed by atoms with Gasteiger partial charge >= 0.3 is 0 Å². The van der Waals surface area contributed by atoms with Crippen LogP contribution in [0.15, 0.2) is 78.9 Å². The van der Waals surface area contributed by atoms with Gasteiger partial charge in [-0.25, -0.2) is 0 Å². The second-order valence-electron chi connectivity index (χ2n) is 7.16. The quantitative estimate of drug-likeness (QED) is 0.457. The zero-order chi connectivity index (χ0) is 20.0. The zero-order valence-corrected chi connectivity index (χ0v) is 15.5. The summed E-state index contributed by atoms with van der Waals surface area (Å²) in [7, 11) is 0. The van der Waals surface area contributed by atoms with Crippen LogP contribution in [-0.4, -0.2) is 16.8 Å². The van der Waals surface area contributed by atoms with Crippen molar-refractivity contribution in [2.75, 3.05) is 5.32 Å². The van der Waals surface area contributed by atoms with Crippen molar-refractivity contribution in [3.63, 3.8) is 0 Å². The maximum atomic E-state index is 13.3. The molecule has 1 aliphatic rings. The normalized spacial score (nSPS) is 12.3. The molecule has 0 aromatic heterocycles. The third kappa shape index (κ3) is 2.86. The first kappa shape index (κ1) is 17.2. The van der Waals surface area contributed by atoms with Crippen LogP contribution in [0, 0.1) is 0 Å². The van der Waals surface area contributed by atoms with Gasteiger partial charge in [-0.3, -0.25) is 9.59 Å². The van der Waals surface area contributed by atoms with Gasteiger partial charge < -0.3 is 10.4 Å². The Kier molecular flexibility index (Phi) is 3.91. The van der Waals surface area contributed by atoms with E-state index in [1.807, 2.05) is 42.5 Å². The molecule has 4 heteroatoms. The summed E-state index contributed by atoms with van der Waals surface area (Å²) >= 11 is 0. The van der Waals surface area contributed by atoms with Crippen molar-refractivity contribution in [1.29, 1.82) is 0 Å². The number of phenolic OH excluding ortho intramolecular Hbond substituents is 1. The predicted molar refractivity (Wildman–Crippen MR) is 113 cm³/mol. The highest BCUT2D eigenvalue weighted by Gasteiger charge is 2.27. The zero-order valence-electron chi connectivity index (χ0n) is 15.5. The van der Waals surface area contributed by atoms with Crippen LogP contribution in [0.5, 0.6) is 5.75 Å². The molecule has 0 bridgehead atoms. The van der Waals surface area contributed by atoms with Crippen molar-refractivity contribution < 1.29 is 14.7 Å². The SMILES string of the molecule is O=C(Nc1cccc2c1Cc1ccc3ccc(O)cc3c1C2=O)c1ccccc1. The van der Waals surface area contributed by atoms with Crippen LogP contribution in [0.25, 0.3) is 10.8 Å². The standard InChI is InChI=1S/C25H17NO3/c27-18-12-11-15-9-10-17-13-21-19(24(28)23(17)20(15)14-18)7-4-8-22(21)26-25(29)16-5-2-1-3-6-16/h1-12,14,27H,13H2,(H,26,29). The summed E-state index contributed by atoms with van der Waals surface area (Å²) in [6, 6.07) is 23.4. The Morgan fingerprint density at radius 2 is 1.69 bits per heavy atom. The molecule has 5 rings (SSSR count). The highest BCUT2D eigenvalue weighted by Crippen LogP contribution is 2.36. The molecule has 0 radical (unpaired) electrons. The molecule has 0 unspecified atom stereocenters. The van der Waals surface area contributed by atoms with Crippen molar-refractivity contribution in [2.45, 2.75) is 6.42 Å². The lowest BCUT2D eigenvalue weighted by atomic mass is 9.81. The molecule has 29 heavy (non-hydrogen) atoms. The molecule has 2 N–H and O–H groups in total. The number of amides is 1. The van der Waals surface area contributed by atoms with Crippen molar-refractivity contribution in [3.05, 3.63) is 107 Å². The third-order valence-electron chi connectivity index (χ3n) is 5.39. The van der Waals surface area contributed by atoms with E-state index in [9.17, 15) is 14.7 Å². The Labute approximate surface area is 167 Å². The number of hydrogen-bond donors (Lipinski definition) is 2. The first-order valence-corrected chi connectivity index (χ1v) is 9.39. The van der Waals surface area contributed by atoms with Gasteiger partial charge in [0.05, 0.1) is 0 Å². The van der Waals surface area contributed by atoms with Crippen molar-refractivity contribution in [1.82, 2.24) is 0 Å². The van der Waals surface area contributed by atoms with Crippen molar-refractivity contribution in [2.24, 2.45) is 0 Å². The van der Waals surface area contributed by atoms with Crippen LogP contribution in [0.3, 0.4) is 0 Å². The van der Waals surface area contributed by atoms with E-state index in [4.69, 9.17) is 0 Å². The number of ketones is 1. The van der Waals surface area contributed by atoms with Gasteiger partial charge in [0.1, 0.15) is 5.75 Å². The molecule has 0 heterocycles. The number of nitrogens with one attached hydrogen (secondary N) is 1. The van der Waals surface area contributed by atoms with Gasteiger partial charge in [0.15, 0.2) is 5.78 Å². The number of aromatic hydroxyl groups is 1. The molecule has 4 aromatic rings. The molecule has 0 saturated heterocycles. The number of carbonyl (C=O) groups excluding carboxylic acids is 2. The summed E-state index contributed by atoms with van der Waals surface area (Å²) in [5, 5.41) is 14.5. The summed E-state index contributed by atoms with van der Waals surface area (Å²) in [5.74, 6) is -0.165. The van der Waals surface area contributed by atoms with E-state index in [1.165, 1.54) is 0 Å². The molecule has 4 aromatic carbocycles. The smallest absolute Gasteiger partial charge is 0.255 e. The molecule has 0 fully saturated rings. The lowest BCUT2D eigenvalue weighted by Gasteiger charge is -2.23. The minimum absolute atomic E-state index is 0.0896. The number of hydrogen-bond acceptors (Lipinski definition) is 3. The second kappa shape index (κ2) is 6.60. The third-order valence-corrected chi connectivity index (χ3v) is 5.39. The van der Waals surface area contributed by atoms with Gasteiger partial charge in [-0.2, -0.15) is 0 Å². The Balaban J connectivity index is 1.59. The van der Waals surface area contributed by atoms with Crippen molar-refractivity contribution in [3.8, 4) is 5.75 Å². The first-order valence-electron chi connectivity index (χ1n) is 9.39. The first-order chi connectivity index (χ1) is 14.1. The lowest BCUT2D eigenvalue weighted by molar-refractivity contribution is 0.102. The Morgan fingerprint density at radius 1 is 0.897 bits per heavy atom. The molecule has 0 spiro atoms. The summed E-state index contributed by atoms with van der Waals surface area (Å²) in [6.45, 7) is 0. The largest absolute Gasteiger partial charge is 0.508 e. The van der Waals surface area contributed by atoms with Crippen LogP contribution >= 0.6 is 0 Å². The van der Waals surface area contributed by atoms with Gasteiger partial charge in [-0.05, 0) is 52.2 Å². The fourth-order valence-corrected chi connectivity index (χ4v) is 3.98. The summed E-state index contributed by atoms with van der Waals surface area (Å²) in [6.07, 6.45) is 0.535. The number of anilines is 1. The van der Waals surface area contributed by atoms with E-state index in [2.05, 4.69) is 5.32 Å². The van der Waals surface area contributed by atoms with Gasteiger partial charge in [0, 0.05) is 28.8 Å². The molecule has 1 amide bonds. The Morgan fingerprint density at radius 3 is 2.52 bits per heavy atom. The van der Waals surface area contributed by atoms with Gasteiger partial charge in [-0.15, -0.1) is 0 Å². The topological polar surface area (TPSA) is 66.4 Å². The van der Waals surface area contributed by atoms with E-state index in [0.29, 0.717) is 28.8 Å². The monoisotopic (exact) mass is 379 g/mol. The molecular formula is C25H17NO3. The number of carbonyl (C=O) groups is 2. The fraction of sp³-hybridized carbons (Fsp3) is 0.0400. The molecule has 1 aliphatic carbocycles. The van der Waals surface area contributed by atoms with Crippen LogP contribution in [-0.2, 0) is 6.42 Å². The minimum atomic E-state index is -0.208. The fourth-order valence-electron chi connectivity index (χ4n) is 3.98.